The van der Waals surface area contributed by atoms with Crippen LogP contribution in [0.3, 0.4) is 0 Å². The Morgan fingerprint density at radius 3 is 1.43 bits per heavy atom. The van der Waals surface area contributed by atoms with Gasteiger partial charge in [-0.15, -0.1) is 0 Å². The van der Waals surface area contributed by atoms with E-state index in [-0.39, 0.29) is 35.6 Å². The minimum atomic E-state index is -2.80. The number of benzene rings is 1. The van der Waals surface area contributed by atoms with Gasteiger partial charge in [0.25, 0.3) is 0 Å². The second-order valence-electron chi connectivity index (χ2n) is 5.57. The molecule has 0 saturated heterocycles. The van der Waals surface area contributed by atoms with Gasteiger partial charge in [-0.25, -0.2) is 0 Å². The SMILES string of the molecule is C.[2H]C(C)(C)C.[2H]C([2H])([2H])C([2H])(C)c1cc(C([2H])(C)C([2H])([2H])[2H])c(C)c(C([2H])(C)C([2H])([2H])[2H])c1. The van der Waals surface area contributed by atoms with Gasteiger partial charge in [0.2, 0.25) is 0 Å². The first-order valence-electron chi connectivity index (χ1n) is 13.2. The third-order valence-corrected chi connectivity index (χ3v) is 2.65. The lowest BCUT2D eigenvalue weighted by molar-refractivity contribution is 0.737. The predicted octanol–water partition coefficient (Wildman–Crippen LogP) is 7.66. The second kappa shape index (κ2) is 10.0. The van der Waals surface area contributed by atoms with Crippen LogP contribution < -0.4 is 0 Å². The molecule has 0 bridgehead atoms. The van der Waals surface area contributed by atoms with Gasteiger partial charge in [0, 0.05) is 17.8 Å². The molecular weight excluding hydrogens is 252 g/mol. The maximum atomic E-state index is 8.41. The Morgan fingerprint density at radius 2 is 1.14 bits per heavy atom. The fourth-order valence-electron chi connectivity index (χ4n) is 1.71. The summed E-state index contributed by atoms with van der Waals surface area (Å²) in [5, 5.41) is 0. The first kappa shape index (κ1) is 7.66. The van der Waals surface area contributed by atoms with Gasteiger partial charge in [0.15, 0.2) is 0 Å². The van der Waals surface area contributed by atoms with Crippen molar-refractivity contribution in [2.24, 2.45) is 5.89 Å². The van der Waals surface area contributed by atoms with Crippen LogP contribution in [0.2, 0.25) is 0 Å². The maximum absolute atomic E-state index is 8.41. The summed E-state index contributed by atoms with van der Waals surface area (Å²) >= 11 is 0. The van der Waals surface area contributed by atoms with Gasteiger partial charge >= 0.3 is 0 Å². The summed E-state index contributed by atoms with van der Waals surface area (Å²) in [5.74, 6) is -6.84. The van der Waals surface area contributed by atoms with Crippen LogP contribution in [0.25, 0.3) is 0 Å². The largest absolute Gasteiger partial charge is 0.0776 e. The summed E-state index contributed by atoms with van der Waals surface area (Å²) in [6, 6.07) is 2.35. The molecule has 0 saturated carbocycles. The Labute approximate surface area is 153 Å². The fourth-order valence-corrected chi connectivity index (χ4v) is 1.71. The van der Waals surface area contributed by atoms with Crippen molar-refractivity contribution in [2.75, 3.05) is 0 Å². The van der Waals surface area contributed by atoms with E-state index in [2.05, 4.69) is 0 Å². The zero-order valence-electron chi connectivity index (χ0n) is 26.7. The molecule has 0 N–H and O–H groups in total. The monoisotopic (exact) mass is 305 g/mol. The van der Waals surface area contributed by atoms with E-state index in [1.54, 1.807) is 0 Å². The van der Waals surface area contributed by atoms with E-state index in [4.69, 9.17) is 17.8 Å². The van der Waals surface area contributed by atoms with Gasteiger partial charge in [0.1, 0.15) is 0 Å². The van der Waals surface area contributed by atoms with Crippen molar-refractivity contribution in [3.05, 3.63) is 34.4 Å². The van der Waals surface area contributed by atoms with Crippen LogP contribution in [0.15, 0.2) is 12.1 Å². The number of hydrogen-bond acceptors (Lipinski definition) is 0. The zero-order chi connectivity index (χ0) is 27.2. The molecule has 0 nitrogen and oxygen atoms in total. The molecule has 3 atom stereocenters. The van der Waals surface area contributed by atoms with Gasteiger partial charge in [-0.2, -0.15) is 0 Å². The third kappa shape index (κ3) is 7.69. The summed E-state index contributed by atoms with van der Waals surface area (Å²) in [7, 11) is 0. The highest BCUT2D eigenvalue weighted by molar-refractivity contribution is 5.42. The molecule has 1 aromatic carbocycles. The van der Waals surface area contributed by atoms with Crippen LogP contribution in [0, 0.1) is 12.8 Å². The molecule has 0 amide bonds. The molecule has 0 aliphatic carbocycles. The van der Waals surface area contributed by atoms with E-state index in [0.29, 0.717) is 0 Å². The molecular formula is C21H40. The van der Waals surface area contributed by atoms with E-state index in [0.717, 1.165) is 20.8 Å². The quantitative estimate of drug-likeness (QED) is 0.537. The standard InChI is InChI=1S/C16H26.C4H10.CH4/c1-10(2)14-8-15(11(3)4)13(7)16(9-14)12(5)6;1-4(2)3;/h8-12H,1-7H3;4H,1-3H3;1H4/i1D3,3D3,5D3,10D,11D,12D;4D;. The van der Waals surface area contributed by atoms with Crippen LogP contribution in [0.5, 0.6) is 0 Å². The van der Waals surface area contributed by atoms with Crippen molar-refractivity contribution in [1.29, 1.82) is 0 Å². The molecule has 0 radical (unpaired) electrons. The van der Waals surface area contributed by atoms with E-state index >= 15 is 0 Å². The highest BCUT2D eigenvalue weighted by Crippen LogP contribution is 2.31. The van der Waals surface area contributed by atoms with Gasteiger partial charge in [-0.3, -0.25) is 0 Å². The van der Waals surface area contributed by atoms with Gasteiger partial charge < -0.3 is 0 Å². The van der Waals surface area contributed by atoms with Gasteiger partial charge in [0.05, 0.1) is 0 Å². The van der Waals surface area contributed by atoms with Crippen molar-refractivity contribution in [3.8, 4) is 0 Å². The van der Waals surface area contributed by atoms with Crippen LogP contribution in [-0.2, 0) is 0 Å². The molecule has 0 aromatic heterocycles. The molecule has 0 aliphatic rings. The Bertz CT molecular complexity index is 764. The topological polar surface area (TPSA) is 0 Å². The van der Waals surface area contributed by atoms with Crippen molar-refractivity contribution >= 4 is 0 Å². The van der Waals surface area contributed by atoms with Crippen LogP contribution in [0.4, 0.5) is 0 Å². The summed E-state index contributed by atoms with van der Waals surface area (Å²) < 4.78 is 101. The Hall–Kier alpha value is -0.780. The molecule has 0 heterocycles. The highest BCUT2D eigenvalue weighted by atomic mass is 14.2. The molecule has 0 heteroatoms. The molecule has 1 aromatic rings. The first-order valence-corrected chi connectivity index (χ1v) is 6.65. The molecule has 1 rings (SSSR count). The zero-order valence-corrected chi connectivity index (χ0v) is 13.7. The average molecular weight is 306 g/mol. The van der Waals surface area contributed by atoms with Crippen molar-refractivity contribution in [3.63, 3.8) is 0 Å². The van der Waals surface area contributed by atoms with Crippen LogP contribution in [-0.4, -0.2) is 0 Å². The summed E-state index contributed by atoms with van der Waals surface area (Å²) in [6.45, 7) is 1.95. The summed E-state index contributed by atoms with van der Waals surface area (Å²) in [6.07, 6.45) is 0. The van der Waals surface area contributed by atoms with Crippen molar-refractivity contribution in [1.82, 2.24) is 0 Å². The van der Waals surface area contributed by atoms with Crippen LogP contribution in [0.1, 0.15) is 127 Å². The molecule has 3 unspecified atom stereocenters. The van der Waals surface area contributed by atoms with Crippen LogP contribution >= 0.6 is 0 Å². The maximum Gasteiger partial charge on any atom is 0.0347 e. The summed E-state index contributed by atoms with van der Waals surface area (Å²) in [4.78, 5) is 0. The Balaban J connectivity index is 0. The number of rotatable bonds is 3. The highest BCUT2D eigenvalue weighted by Gasteiger charge is 2.13. The van der Waals surface area contributed by atoms with Gasteiger partial charge in [-0.05, 0) is 52.8 Å². The lowest BCUT2D eigenvalue weighted by Gasteiger charge is -2.20. The molecule has 0 spiro atoms. The Morgan fingerprint density at radius 1 is 0.810 bits per heavy atom. The molecule has 124 valence electrons. The molecule has 0 fully saturated rings. The van der Waals surface area contributed by atoms with E-state index < -0.39 is 38.2 Å². The normalized spacial score (nSPS) is 30.5. The van der Waals surface area contributed by atoms with Crippen molar-refractivity contribution in [2.45, 2.75) is 94.1 Å². The van der Waals surface area contributed by atoms with Crippen molar-refractivity contribution < 1.29 is 17.8 Å². The summed E-state index contributed by atoms with van der Waals surface area (Å²) in [5.41, 5.74) is -0.281. The molecule has 0 aliphatic heterocycles. The smallest absolute Gasteiger partial charge is 0.0347 e. The van der Waals surface area contributed by atoms with Gasteiger partial charge in [-0.1, -0.05) is 81.7 Å². The van der Waals surface area contributed by atoms with E-state index in [1.165, 1.54) is 19.1 Å². The lowest BCUT2D eigenvalue weighted by atomic mass is 9.85. The Kier molecular flexibility index (Phi) is 3.66. The molecule has 21 heavy (non-hydrogen) atoms. The lowest BCUT2D eigenvalue weighted by Crippen LogP contribution is -2.03. The van der Waals surface area contributed by atoms with E-state index in [1.807, 2.05) is 20.8 Å². The second-order valence-corrected chi connectivity index (χ2v) is 5.57. The predicted molar refractivity (Wildman–Crippen MR) is 101 cm³/mol. The minimum Gasteiger partial charge on any atom is -0.0776 e. The van der Waals surface area contributed by atoms with E-state index in [9.17, 15) is 0 Å². The number of hydrogen-bond donors (Lipinski definition) is 0. The first-order chi connectivity index (χ1) is 14.0. The minimum absolute atomic E-state index is 0. The average Bonchev–Trinajstić information content (AvgIpc) is 2.49. The third-order valence-electron chi connectivity index (χ3n) is 2.65. The fraction of sp³-hybridized carbons (Fsp3) is 0.714.